The maximum atomic E-state index is 11.2. The molecule has 2 aromatic rings. The zero-order valence-corrected chi connectivity index (χ0v) is 7.87. The van der Waals surface area contributed by atoms with Gasteiger partial charge in [0.05, 0.1) is 23.8 Å². The van der Waals surface area contributed by atoms with Gasteiger partial charge in [-0.15, -0.1) is 0 Å². The van der Waals surface area contributed by atoms with E-state index in [4.69, 9.17) is 0 Å². The van der Waals surface area contributed by atoms with Crippen LogP contribution in [0.3, 0.4) is 0 Å². The second-order valence-corrected chi connectivity index (χ2v) is 3.07. The Morgan fingerprint density at radius 2 is 2.43 bits per heavy atom. The standard InChI is InChI=1S/C10H11N3O/c1-11-9(14)5-7-3-2-4-8-10(7)13-6-12-8/h2-4,6H,5H2,1H3,(H,11,14)(H,12,13). The molecule has 0 aliphatic carbocycles. The van der Waals surface area contributed by atoms with Crippen molar-refractivity contribution in [3.05, 3.63) is 30.1 Å². The van der Waals surface area contributed by atoms with E-state index in [1.165, 1.54) is 0 Å². The lowest BCUT2D eigenvalue weighted by molar-refractivity contribution is -0.119. The van der Waals surface area contributed by atoms with Gasteiger partial charge in [0.2, 0.25) is 5.91 Å². The third-order valence-electron chi connectivity index (χ3n) is 2.16. The van der Waals surface area contributed by atoms with Gasteiger partial charge in [-0.2, -0.15) is 0 Å². The largest absolute Gasteiger partial charge is 0.359 e. The molecular formula is C10H11N3O. The Kier molecular flexibility index (Phi) is 2.18. The zero-order valence-electron chi connectivity index (χ0n) is 7.87. The highest BCUT2D eigenvalue weighted by molar-refractivity contribution is 5.85. The number of aromatic nitrogens is 2. The van der Waals surface area contributed by atoms with Crippen molar-refractivity contribution in [2.24, 2.45) is 0 Å². The monoisotopic (exact) mass is 189 g/mol. The molecule has 0 unspecified atom stereocenters. The van der Waals surface area contributed by atoms with Crippen molar-refractivity contribution in [2.75, 3.05) is 7.05 Å². The molecule has 0 radical (unpaired) electrons. The lowest BCUT2D eigenvalue weighted by Crippen LogP contribution is -2.20. The predicted octanol–water partition coefficient (Wildman–Crippen LogP) is 0.851. The molecule has 0 fully saturated rings. The van der Waals surface area contributed by atoms with E-state index in [1.807, 2.05) is 18.2 Å². The Balaban J connectivity index is 2.41. The molecule has 0 atom stereocenters. The van der Waals surface area contributed by atoms with Crippen molar-refractivity contribution in [2.45, 2.75) is 6.42 Å². The van der Waals surface area contributed by atoms with Crippen LogP contribution in [-0.2, 0) is 11.2 Å². The molecule has 0 saturated carbocycles. The Morgan fingerprint density at radius 3 is 3.21 bits per heavy atom. The number of rotatable bonds is 2. The first-order chi connectivity index (χ1) is 6.81. The second kappa shape index (κ2) is 3.49. The number of nitrogens with zero attached hydrogens (tertiary/aromatic N) is 1. The molecule has 2 rings (SSSR count). The summed E-state index contributed by atoms with van der Waals surface area (Å²) in [7, 11) is 1.63. The van der Waals surface area contributed by atoms with Crippen molar-refractivity contribution >= 4 is 16.9 Å². The van der Waals surface area contributed by atoms with Crippen molar-refractivity contribution < 1.29 is 4.79 Å². The highest BCUT2D eigenvalue weighted by Gasteiger charge is 2.06. The van der Waals surface area contributed by atoms with Gasteiger partial charge in [0.1, 0.15) is 0 Å². The molecule has 2 N–H and O–H groups in total. The van der Waals surface area contributed by atoms with E-state index >= 15 is 0 Å². The van der Waals surface area contributed by atoms with Gasteiger partial charge in [-0.05, 0) is 11.6 Å². The lowest BCUT2D eigenvalue weighted by Gasteiger charge is -2.00. The quantitative estimate of drug-likeness (QED) is 0.735. The summed E-state index contributed by atoms with van der Waals surface area (Å²) in [6, 6.07) is 5.77. The molecule has 14 heavy (non-hydrogen) atoms. The van der Waals surface area contributed by atoms with E-state index in [0.717, 1.165) is 16.6 Å². The Bertz CT molecular complexity index is 461. The molecule has 0 aliphatic heterocycles. The van der Waals surface area contributed by atoms with Gasteiger partial charge in [0.15, 0.2) is 0 Å². The molecule has 1 aromatic carbocycles. The summed E-state index contributed by atoms with van der Waals surface area (Å²) in [5.41, 5.74) is 2.78. The Morgan fingerprint density at radius 1 is 1.57 bits per heavy atom. The number of hydrogen-bond donors (Lipinski definition) is 2. The van der Waals surface area contributed by atoms with Crippen molar-refractivity contribution in [3.63, 3.8) is 0 Å². The average Bonchev–Trinajstić information content (AvgIpc) is 2.66. The molecule has 0 saturated heterocycles. The smallest absolute Gasteiger partial charge is 0.224 e. The Hall–Kier alpha value is -1.84. The number of H-pyrrole nitrogens is 1. The number of para-hydroxylation sites is 1. The minimum atomic E-state index is 0.000463. The molecule has 0 spiro atoms. The van der Waals surface area contributed by atoms with Gasteiger partial charge in [0, 0.05) is 7.05 Å². The number of fused-ring (bicyclic) bond motifs is 1. The predicted molar refractivity (Wildman–Crippen MR) is 53.9 cm³/mol. The number of carbonyl (C=O) groups excluding carboxylic acids is 1. The van der Waals surface area contributed by atoms with Crippen LogP contribution < -0.4 is 5.32 Å². The summed E-state index contributed by atoms with van der Waals surface area (Å²) in [4.78, 5) is 18.4. The summed E-state index contributed by atoms with van der Waals surface area (Å²) in [6.45, 7) is 0. The van der Waals surface area contributed by atoms with Crippen LogP contribution in [0.5, 0.6) is 0 Å². The number of imidazole rings is 1. The SMILES string of the molecule is CNC(=O)Cc1cccc2[nH]cnc12. The van der Waals surface area contributed by atoms with Crippen molar-refractivity contribution in [3.8, 4) is 0 Å². The molecule has 1 aromatic heterocycles. The van der Waals surface area contributed by atoms with E-state index in [9.17, 15) is 4.79 Å². The van der Waals surface area contributed by atoms with Crippen LogP contribution in [0.4, 0.5) is 0 Å². The van der Waals surface area contributed by atoms with Gasteiger partial charge < -0.3 is 10.3 Å². The summed E-state index contributed by atoms with van der Waals surface area (Å²) in [6.07, 6.45) is 2.01. The van der Waals surface area contributed by atoms with Gasteiger partial charge >= 0.3 is 0 Å². The third-order valence-corrected chi connectivity index (χ3v) is 2.16. The number of hydrogen-bond acceptors (Lipinski definition) is 2. The maximum absolute atomic E-state index is 11.2. The van der Waals surface area contributed by atoms with E-state index in [-0.39, 0.29) is 5.91 Å². The number of likely N-dealkylation sites (N-methyl/N-ethyl adjacent to an activating group) is 1. The van der Waals surface area contributed by atoms with Crippen LogP contribution in [0.25, 0.3) is 11.0 Å². The fraction of sp³-hybridized carbons (Fsp3) is 0.200. The number of carbonyl (C=O) groups is 1. The minimum absolute atomic E-state index is 0.000463. The molecule has 72 valence electrons. The topological polar surface area (TPSA) is 57.8 Å². The molecule has 4 nitrogen and oxygen atoms in total. The van der Waals surface area contributed by atoms with Crippen LogP contribution in [0.15, 0.2) is 24.5 Å². The van der Waals surface area contributed by atoms with Crippen molar-refractivity contribution in [1.29, 1.82) is 0 Å². The lowest BCUT2D eigenvalue weighted by atomic mass is 10.1. The summed E-state index contributed by atoms with van der Waals surface area (Å²) < 4.78 is 0. The summed E-state index contributed by atoms with van der Waals surface area (Å²) in [5.74, 6) is 0.000463. The zero-order chi connectivity index (χ0) is 9.97. The molecule has 1 heterocycles. The fourth-order valence-corrected chi connectivity index (χ4v) is 1.43. The van der Waals surface area contributed by atoms with Crippen LogP contribution >= 0.6 is 0 Å². The molecule has 1 amide bonds. The first-order valence-corrected chi connectivity index (χ1v) is 4.43. The van der Waals surface area contributed by atoms with Gasteiger partial charge in [0.25, 0.3) is 0 Å². The number of benzene rings is 1. The first-order valence-electron chi connectivity index (χ1n) is 4.43. The van der Waals surface area contributed by atoms with Gasteiger partial charge in [-0.3, -0.25) is 4.79 Å². The fourth-order valence-electron chi connectivity index (χ4n) is 1.43. The molecular weight excluding hydrogens is 178 g/mol. The molecule has 4 heteroatoms. The molecule has 0 bridgehead atoms. The molecule has 0 aliphatic rings. The van der Waals surface area contributed by atoms with Crippen LogP contribution in [-0.4, -0.2) is 22.9 Å². The highest BCUT2D eigenvalue weighted by Crippen LogP contribution is 2.14. The summed E-state index contributed by atoms with van der Waals surface area (Å²) >= 11 is 0. The van der Waals surface area contributed by atoms with Gasteiger partial charge in [-0.1, -0.05) is 12.1 Å². The minimum Gasteiger partial charge on any atom is -0.359 e. The number of aromatic amines is 1. The van der Waals surface area contributed by atoms with Gasteiger partial charge in [-0.25, -0.2) is 4.98 Å². The average molecular weight is 189 g/mol. The summed E-state index contributed by atoms with van der Waals surface area (Å²) in [5, 5.41) is 2.59. The maximum Gasteiger partial charge on any atom is 0.224 e. The van der Waals surface area contributed by atoms with Crippen LogP contribution in [0.1, 0.15) is 5.56 Å². The highest BCUT2D eigenvalue weighted by atomic mass is 16.1. The Labute approximate surface area is 81.3 Å². The second-order valence-electron chi connectivity index (χ2n) is 3.07. The van der Waals surface area contributed by atoms with E-state index in [1.54, 1.807) is 13.4 Å². The number of nitrogens with one attached hydrogen (secondary N) is 2. The van der Waals surface area contributed by atoms with E-state index in [0.29, 0.717) is 6.42 Å². The number of amides is 1. The van der Waals surface area contributed by atoms with E-state index in [2.05, 4.69) is 15.3 Å². The van der Waals surface area contributed by atoms with E-state index < -0.39 is 0 Å². The first kappa shape index (κ1) is 8.74. The third kappa shape index (κ3) is 1.46. The van der Waals surface area contributed by atoms with Crippen molar-refractivity contribution in [1.82, 2.24) is 15.3 Å². The normalized spacial score (nSPS) is 10.4. The van der Waals surface area contributed by atoms with Crippen LogP contribution in [0.2, 0.25) is 0 Å². The van der Waals surface area contributed by atoms with Crippen LogP contribution in [0, 0.1) is 0 Å².